The maximum absolute atomic E-state index is 5.75. The van der Waals surface area contributed by atoms with Crippen LogP contribution in [0.1, 0.15) is 42.3 Å². The fourth-order valence-electron chi connectivity index (χ4n) is 2.44. The third-order valence-electron chi connectivity index (χ3n) is 3.33. The Morgan fingerprint density at radius 2 is 2.00 bits per heavy atom. The van der Waals surface area contributed by atoms with E-state index in [0.29, 0.717) is 5.92 Å². The SMILES string of the molecule is Cc1ccnc(C(NN)c2cccc(CC(C)C)c2)c1. The monoisotopic (exact) mass is 269 g/mol. The number of aryl methyl sites for hydroxylation is 1. The Morgan fingerprint density at radius 1 is 1.20 bits per heavy atom. The number of aromatic nitrogens is 1. The van der Waals surface area contributed by atoms with Gasteiger partial charge in [-0.3, -0.25) is 10.8 Å². The molecule has 0 bridgehead atoms. The van der Waals surface area contributed by atoms with E-state index in [9.17, 15) is 0 Å². The number of benzene rings is 1. The van der Waals surface area contributed by atoms with Gasteiger partial charge in [0.05, 0.1) is 11.7 Å². The van der Waals surface area contributed by atoms with Crippen LogP contribution in [0.3, 0.4) is 0 Å². The zero-order chi connectivity index (χ0) is 14.5. The Morgan fingerprint density at radius 3 is 2.65 bits per heavy atom. The average molecular weight is 269 g/mol. The molecule has 2 aromatic rings. The van der Waals surface area contributed by atoms with Crippen LogP contribution in [-0.4, -0.2) is 4.98 Å². The van der Waals surface area contributed by atoms with E-state index in [-0.39, 0.29) is 6.04 Å². The van der Waals surface area contributed by atoms with Crippen molar-refractivity contribution in [1.29, 1.82) is 0 Å². The second kappa shape index (κ2) is 6.64. The third kappa shape index (κ3) is 3.65. The van der Waals surface area contributed by atoms with E-state index < -0.39 is 0 Å². The Kier molecular flexibility index (Phi) is 4.88. The first-order valence-corrected chi connectivity index (χ1v) is 7.07. The van der Waals surface area contributed by atoms with Crippen molar-refractivity contribution >= 4 is 0 Å². The van der Waals surface area contributed by atoms with E-state index in [0.717, 1.165) is 17.7 Å². The minimum atomic E-state index is -0.0676. The summed E-state index contributed by atoms with van der Waals surface area (Å²) in [4.78, 5) is 4.44. The number of hydrazine groups is 1. The van der Waals surface area contributed by atoms with Crippen molar-refractivity contribution in [3.63, 3.8) is 0 Å². The van der Waals surface area contributed by atoms with Crippen LogP contribution < -0.4 is 11.3 Å². The fourth-order valence-corrected chi connectivity index (χ4v) is 2.44. The number of nitrogens with zero attached hydrogens (tertiary/aromatic N) is 1. The predicted octanol–water partition coefficient (Wildman–Crippen LogP) is 3.14. The molecule has 0 fully saturated rings. The number of pyridine rings is 1. The van der Waals surface area contributed by atoms with Crippen LogP contribution >= 0.6 is 0 Å². The van der Waals surface area contributed by atoms with Gasteiger partial charge in [-0.25, -0.2) is 5.43 Å². The fraction of sp³-hybridized carbons (Fsp3) is 0.353. The Labute approximate surface area is 121 Å². The highest BCUT2D eigenvalue weighted by Gasteiger charge is 2.14. The second-order valence-corrected chi connectivity index (χ2v) is 5.70. The maximum atomic E-state index is 5.75. The number of hydrogen-bond acceptors (Lipinski definition) is 3. The molecule has 1 heterocycles. The standard InChI is InChI=1S/C17H23N3/c1-12(2)9-14-5-4-6-15(11-14)17(20-18)16-10-13(3)7-8-19-16/h4-8,10-12,17,20H,9,18H2,1-3H3. The van der Waals surface area contributed by atoms with Crippen LogP contribution in [0.4, 0.5) is 0 Å². The van der Waals surface area contributed by atoms with Crippen molar-refractivity contribution < 1.29 is 0 Å². The molecule has 3 heteroatoms. The van der Waals surface area contributed by atoms with E-state index in [1.165, 1.54) is 11.1 Å². The summed E-state index contributed by atoms with van der Waals surface area (Å²) in [5.74, 6) is 6.39. The number of nitrogens with one attached hydrogen (secondary N) is 1. The lowest BCUT2D eigenvalue weighted by Gasteiger charge is -2.17. The minimum Gasteiger partial charge on any atom is -0.271 e. The van der Waals surface area contributed by atoms with Gasteiger partial charge in [-0.15, -0.1) is 0 Å². The summed E-state index contributed by atoms with van der Waals surface area (Å²) in [5, 5.41) is 0. The summed E-state index contributed by atoms with van der Waals surface area (Å²) in [6, 6.07) is 12.6. The van der Waals surface area contributed by atoms with Gasteiger partial charge < -0.3 is 0 Å². The quantitative estimate of drug-likeness (QED) is 0.647. The molecule has 0 radical (unpaired) electrons. The molecule has 0 amide bonds. The molecule has 3 nitrogen and oxygen atoms in total. The Hall–Kier alpha value is -1.71. The van der Waals surface area contributed by atoms with Crippen molar-refractivity contribution in [3.8, 4) is 0 Å². The first kappa shape index (κ1) is 14.7. The van der Waals surface area contributed by atoms with Crippen molar-refractivity contribution in [3.05, 3.63) is 65.0 Å². The average Bonchev–Trinajstić information content (AvgIpc) is 2.39. The van der Waals surface area contributed by atoms with Gasteiger partial charge in [0.25, 0.3) is 0 Å². The third-order valence-corrected chi connectivity index (χ3v) is 3.33. The molecule has 2 rings (SSSR count). The van der Waals surface area contributed by atoms with Gasteiger partial charge >= 0.3 is 0 Å². The molecular weight excluding hydrogens is 246 g/mol. The van der Waals surface area contributed by atoms with Gasteiger partial charge in [-0.1, -0.05) is 38.1 Å². The van der Waals surface area contributed by atoms with Crippen molar-refractivity contribution in [2.24, 2.45) is 11.8 Å². The summed E-state index contributed by atoms with van der Waals surface area (Å²) < 4.78 is 0. The molecule has 0 aliphatic carbocycles. The summed E-state index contributed by atoms with van der Waals surface area (Å²) in [5.41, 5.74) is 7.52. The smallest absolute Gasteiger partial charge is 0.0881 e. The Bertz CT molecular complexity index is 564. The highest BCUT2D eigenvalue weighted by molar-refractivity contribution is 5.32. The molecule has 0 spiro atoms. The van der Waals surface area contributed by atoms with Crippen LogP contribution in [-0.2, 0) is 6.42 Å². The van der Waals surface area contributed by atoms with Crippen LogP contribution in [0.15, 0.2) is 42.6 Å². The molecule has 106 valence electrons. The lowest BCUT2D eigenvalue weighted by molar-refractivity contribution is 0.615. The molecule has 1 atom stereocenters. The largest absolute Gasteiger partial charge is 0.271 e. The normalized spacial score (nSPS) is 12.7. The Balaban J connectivity index is 2.32. The molecule has 0 saturated carbocycles. The summed E-state index contributed by atoms with van der Waals surface area (Å²) in [6.45, 7) is 6.52. The first-order valence-electron chi connectivity index (χ1n) is 7.07. The van der Waals surface area contributed by atoms with Crippen molar-refractivity contribution in [2.75, 3.05) is 0 Å². The van der Waals surface area contributed by atoms with Crippen LogP contribution in [0.2, 0.25) is 0 Å². The highest BCUT2D eigenvalue weighted by Crippen LogP contribution is 2.22. The van der Waals surface area contributed by atoms with Crippen molar-refractivity contribution in [1.82, 2.24) is 10.4 Å². The lowest BCUT2D eigenvalue weighted by Crippen LogP contribution is -2.29. The second-order valence-electron chi connectivity index (χ2n) is 5.70. The molecule has 0 saturated heterocycles. The van der Waals surface area contributed by atoms with E-state index in [1.54, 1.807) is 0 Å². The molecule has 20 heavy (non-hydrogen) atoms. The maximum Gasteiger partial charge on any atom is 0.0881 e. The van der Waals surface area contributed by atoms with E-state index in [1.807, 2.05) is 12.3 Å². The van der Waals surface area contributed by atoms with Gasteiger partial charge in [0.15, 0.2) is 0 Å². The molecule has 1 unspecified atom stereocenters. The predicted molar refractivity (Wildman–Crippen MR) is 83.1 cm³/mol. The van der Waals surface area contributed by atoms with E-state index in [2.05, 4.69) is 61.5 Å². The molecule has 0 aliphatic rings. The summed E-state index contributed by atoms with van der Waals surface area (Å²) in [7, 11) is 0. The van der Waals surface area contributed by atoms with Gasteiger partial charge in [-0.2, -0.15) is 0 Å². The van der Waals surface area contributed by atoms with E-state index >= 15 is 0 Å². The van der Waals surface area contributed by atoms with Gasteiger partial charge in [0, 0.05) is 6.20 Å². The molecule has 1 aromatic carbocycles. The van der Waals surface area contributed by atoms with Gasteiger partial charge in [0.1, 0.15) is 0 Å². The zero-order valence-electron chi connectivity index (χ0n) is 12.4. The highest BCUT2D eigenvalue weighted by atomic mass is 15.2. The molecule has 0 aliphatic heterocycles. The van der Waals surface area contributed by atoms with Crippen LogP contribution in [0.5, 0.6) is 0 Å². The first-order chi connectivity index (χ1) is 9.60. The van der Waals surface area contributed by atoms with Gasteiger partial charge in [0.2, 0.25) is 0 Å². The minimum absolute atomic E-state index is 0.0676. The molecule has 3 N–H and O–H groups in total. The van der Waals surface area contributed by atoms with Crippen LogP contribution in [0, 0.1) is 12.8 Å². The lowest BCUT2D eigenvalue weighted by atomic mass is 9.96. The number of rotatable bonds is 5. The summed E-state index contributed by atoms with van der Waals surface area (Å²) in [6.07, 6.45) is 2.90. The number of nitrogens with two attached hydrogens (primary N) is 1. The van der Waals surface area contributed by atoms with Gasteiger partial charge in [-0.05, 0) is 48.1 Å². The number of hydrogen-bond donors (Lipinski definition) is 2. The molecule has 1 aromatic heterocycles. The van der Waals surface area contributed by atoms with E-state index in [4.69, 9.17) is 5.84 Å². The summed E-state index contributed by atoms with van der Waals surface area (Å²) >= 11 is 0. The zero-order valence-corrected chi connectivity index (χ0v) is 12.4. The topological polar surface area (TPSA) is 50.9 Å². The molecular formula is C17H23N3. The van der Waals surface area contributed by atoms with Crippen LogP contribution in [0.25, 0.3) is 0 Å². The van der Waals surface area contributed by atoms with Crippen molar-refractivity contribution in [2.45, 2.75) is 33.2 Å².